The topological polar surface area (TPSA) is 17.1 Å². The average Bonchev–Trinajstić information content (AvgIpc) is 2.10. The van der Waals surface area contributed by atoms with Gasteiger partial charge in [0.15, 0.2) is 0 Å². The Balaban J connectivity index is 0.000000281. The van der Waals surface area contributed by atoms with Gasteiger partial charge in [0.05, 0.1) is 0 Å². The SMILES string of the molecule is CC.O=C1CC2CCC1CC2. The van der Waals surface area contributed by atoms with Crippen LogP contribution in [-0.2, 0) is 4.79 Å². The molecule has 0 atom stereocenters. The molecule has 0 heterocycles. The summed E-state index contributed by atoms with van der Waals surface area (Å²) in [5, 5.41) is 0. The second-order valence-corrected chi connectivity index (χ2v) is 3.39. The van der Waals surface area contributed by atoms with E-state index in [1.807, 2.05) is 13.8 Å². The molecule has 11 heavy (non-hydrogen) atoms. The Labute approximate surface area is 69.2 Å². The van der Waals surface area contributed by atoms with Gasteiger partial charge in [0.25, 0.3) is 0 Å². The molecular formula is C10H18O. The summed E-state index contributed by atoms with van der Waals surface area (Å²) in [6.45, 7) is 4.00. The Hall–Kier alpha value is -0.330. The van der Waals surface area contributed by atoms with Crippen LogP contribution in [0.1, 0.15) is 46.0 Å². The van der Waals surface area contributed by atoms with E-state index in [1.54, 1.807) is 0 Å². The van der Waals surface area contributed by atoms with Crippen molar-refractivity contribution in [2.75, 3.05) is 0 Å². The number of carbonyl (C=O) groups is 1. The molecular weight excluding hydrogens is 136 g/mol. The van der Waals surface area contributed by atoms with Gasteiger partial charge in [0.2, 0.25) is 0 Å². The molecule has 0 spiro atoms. The van der Waals surface area contributed by atoms with Crippen LogP contribution in [0.5, 0.6) is 0 Å². The van der Waals surface area contributed by atoms with Gasteiger partial charge in [-0.15, -0.1) is 0 Å². The van der Waals surface area contributed by atoms with Crippen molar-refractivity contribution in [1.29, 1.82) is 0 Å². The molecule has 0 aromatic carbocycles. The van der Waals surface area contributed by atoms with Crippen molar-refractivity contribution >= 4 is 5.78 Å². The van der Waals surface area contributed by atoms with E-state index in [1.165, 1.54) is 25.7 Å². The van der Waals surface area contributed by atoms with Crippen LogP contribution < -0.4 is 0 Å². The molecule has 3 rings (SSSR count). The molecule has 0 amide bonds. The zero-order chi connectivity index (χ0) is 8.27. The van der Waals surface area contributed by atoms with Gasteiger partial charge in [0.1, 0.15) is 5.78 Å². The summed E-state index contributed by atoms with van der Waals surface area (Å²) in [6.07, 6.45) is 5.96. The lowest BCUT2D eigenvalue weighted by atomic mass is 9.70. The minimum Gasteiger partial charge on any atom is -0.299 e. The molecule has 1 heteroatoms. The van der Waals surface area contributed by atoms with E-state index in [9.17, 15) is 4.79 Å². The lowest BCUT2D eigenvalue weighted by molar-refractivity contribution is -0.128. The zero-order valence-electron chi connectivity index (χ0n) is 7.60. The van der Waals surface area contributed by atoms with Crippen LogP contribution in [0.3, 0.4) is 0 Å². The van der Waals surface area contributed by atoms with Crippen LogP contribution >= 0.6 is 0 Å². The van der Waals surface area contributed by atoms with E-state index in [4.69, 9.17) is 0 Å². The first-order valence-corrected chi connectivity index (χ1v) is 4.89. The lowest BCUT2D eigenvalue weighted by Crippen LogP contribution is -2.30. The Morgan fingerprint density at radius 2 is 1.64 bits per heavy atom. The number of ketones is 1. The van der Waals surface area contributed by atoms with Crippen LogP contribution in [0.15, 0.2) is 0 Å². The van der Waals surface area contributed by atoms with E-state index < -0.39 is 0 Å². The molecule has 3 fully saturated rings. The fourth-order valence-corrected chi connectivity index (χ4v) is 2.14. The first kappa shape index (κ1) is 8.76. The van der Waals surface area contributed by atoms with E-state index >= 15 is 0 Å². The largest absolute Gasteiger partial charge is 0.299 e. The third-order valence-corrected chi connectivity index (χ3v) is 2.79. The van der Waals surface area contributed by atoms with E-state index in [0.29, 0.717) is 11.7 Å². The quantitative estimate of drug-likeness (QED) is 0.524. The molecule has 3 aliphatic rings. The van der Waals surface area contributed by atoms with Crippen molar-refractivity contribution in [2.24, 2.45) is 11.8 Å². The van der Waals surface area contributed by atoms with Gasteiger partial charge < -0.3 is 0 Å². The third kappa shape index (κ3) is 1.82. The highest BCUT2D eigenvalue weighted by Crippen LogP contribution is 2.38. The maximum atomic E-state index is 11.1. The van der Waals surface area contributed by atoms with Crippen LogP contribution in [-0.4, -0.2) is 5.78 Å². The van der Waals surface area contributed by atoms with E-state index in [2.05, 4.69) is 0 Å². The molecule has 0 N–H and O–H groups in total. The van der Waals surface area contributed by atoms with Crippen molar-refractivity contribution in [3.63, 3.8) is 0 Å². The normalized spacial score (nSPS) is 34.5. The average molecular weight is 154 g/mol. The summed E-state index contributed by atoms with van der Waals surface area (Å²) in [4.78, 5) is 11.1. The summed E-state index contributed by atoms with van der Waals surface area (Å²) >= 11 is 0. The van der Waals surface area contributed by atoms with E-state index in [-0.39, 0.29) is 0 Å². The van der Waals surface area contributed by atoms with Crippen molar-refractivity contribution in [3.8, 4) is 0 Å². The molecule has 2 bridgehead atoms. The molecule has 3 aliphatic carbocycles. The Kier molecular flexibility index (Phi) is 3.10. The molecule has 1 nitrogen and oxygen atoms in total. The number of hydrogen-bond donors (Lipinski definition) is 0. The Bertz CT molecular complexity index is 132. The van der Waals surface area contributed by atoms with Crippen LogP contribution in [0.4, 0.5) is 0 Å². The van der Waals surface area contributed by atoms with Gasteiger partial charge >= 0.3 is 0 Å². The van der Waals surface area contributed by atoms with Crippen molar-refractivity contribution in [1.82, 2.24) is 0 Å². The molecule has 0 saturated heterocycles. The maximum Gasteiger partial charge on any atom is 0.136 e. The second kappa shape index (κ2) is 3.89. The molecule has 0 unspecified atom stereocenters. The highest BCUT2D eigenvalue weighted by molar-refractivity contribution is 5.82. The number of carbonyl (C=O) groups excluding carboxylic acids is 1. The first-order chi connectivity index (χ1) is 5.36. The molecule has 0 radical (unpaired) electrons. The minimum atomic E-state index is 0.481. The number of Topliss-reactive ketones (excluding diaryl/α,β-unsaturated/α-hetero) is 1. The number of fused-ring (bicyclic) bond motifs is 3. The monoisotopic (exact) mass is 154 g/mol. The zero-order valence-corrected chi connectivity index (χ0v) is 7.60. The molecule has 3 saturated carbocycles. The number of rotatable bonds is 0. The predicted molar refractivity (Wildman–Crippen MR) is 46.4 cm³/mol. The summed E-state index contributed by atoms with van der Waals surface area (Å²) in [7, 11) is 0. The molecule has 0 aliphatic heterocycles. The summed E-state index contributed by atoms with van der Waals surface area (Å²) in [5.74, 6) is 1.81. The fourth-order valence-electron chi connectivity index (χ4n) is 2.14. The lowest BCUT2D eigenvalue weighted by Gasteiger charge is -2.34. The van der Waals surface area contributed by atoms with Crippen molar-refractivity contribution < 1.29 is 4.79 Å². The van der Waals surface area contributed by atoms with Crippen LogP contribution in [0, 0.1) is 11.8 Å². The summed E-state index contributed by atoms with van der Waals surface area (Å²) in [5.41, 5.74) is 0. The molecule has 0 aromatic rings. The maximum absolute atomic E-state index is 11.1. The summed E-state index contributed by atoms with van der Waals surface area (Å²) in [6, 6.07) is 0. The van der Waals surface area contributed by atoms with Gasteiger partial charge in [-0.3, -0.25) is 4.79 Å². The smallest absolute Gasteiger partial charge is 0.136 e. The van der Waals surface area contributed by atoms with Crippen molar-refractivity contribution in [3.05, 3.63) is 0 Å². The third-order valence-electron chi connectivity index (χ3n) is 2.79. The standard InChI is InChI=1S/C8H12O.C2H6/c9-8-5-6-1-3-7(8)4-2-6;1-2/h6-7H,1-5H2;1-2H3. The van der Waals surface area contributed by atoms with Gasteiger partial charge in [-0.25, -0.2) is 0 Å². The highest BCUT2D eigenvalue weighted by atomic mass is 16.1. The first-order valence-electron chi connectivity index (χ1n) is 4.89. The fraction of sp³-hybridized carbons (Fsp3) is 0.900. The molecule has 64 valence electrons. The second-order valence-electron chi connectivity index (χ2n) is 3.39. The Morgan fingerprint density at radius 3 is 1.82 bits per heavy atom. The van der Waals surface area contributed by atoms with E-state index in [0.717, 1.165) is 12.3 Å². The minimum absolute atomic E-state index is 0.481. The van der Waals surface area contributed by atoms with Gasteiger partial charge in [-0.2, -0.15) is 0 Å². The van der Waals surface area contributed by atoms with Gasteiger partial charge in [-0.1, -0.05) is 13.8 Å². The summed E-state index contributed by atoms with van der Waals surface area (Å²) < 4.78 is 0. The van der Waals surface area contributed by atoms with Gasteiger partial charge in [-0.05, 0) is 31.6 Å². The Morgan fingerprint density at radius 1 is 1.09 bits per heavy atom. The van der Waals surface area contributed by atoms with Crippen LogP contribution in [0.2, 0.25) is 0 Å². The van der Waals surface area contributed by atoms with Crippen molar-refractivity contribution in [2.45, 2.75) is 46.0 Å². The van der Waals surface area contributed by atoms with Gasteiger partial charge in [0, 0.05) is 12.3 Å². The predicted octanol–water partition coefficient (Wildman–Crippen LogP) is 2.79. The molecule has 0 aromatic heterocycles. The number of hydrogen-bond acceptors (Lipinski definition) is 1. The van der Waals surface area contributed by atoms with Crippen LogP contribution in [0.25, 0.3) is 0 Å². The highest BCUT2D eigenvalue weighted by Gasteiger charge is 2.33.